The molecule has 0 atom stereocenters. The SMILES string of the molecule is CCCOCCCNCc1ccc(OC)c2ccccc12. The van der Waals surface area contributed by atoms with Crippen LogP contribution in [0, 0.1) is 0 Å². The van der Waals surface area contributed by atoms with Gasteiger partial charge in [0.05, 0.1) is 7.11 Å². The van der Waals surface area contributed by atoms with Gasteiger partial charge >= 0.3 is 0 Å². The van der Waals surface area contributed by atoms with Gasteiger partial charge < -0.3 is 14.8 Å². The second-order valence-corrected chi connectivity index (χ2v) is 5.12. The standard InChI is InChI=1S/C18H25NO2/c1-3-12-21-13-6-11-19-14-15-9-10-18(20-2)17-8-5-4-7-16(15)17/h4-5,7-10,19H,3,6,11-14H2,1-2H3. The molecule has 3 nitrogen and oxygen atoms in total. The van der Waals surface area contributed by atoms with Crippen molar-refractivity contribution in [2.45, 2.75) is 26.3 Å². The Morgan fingerprint density at radius 1 is 1.00 bits per heavy atom. The van der Waals surface area contributed by atoms with Gasteiger partial charge in [-0.2, -0.15) is 0 Å². The lowest BCUT2D eigenvalue weighted by Gasteiger charge is -2.11. The van der Waals surface area contributed by atoms with Crippen molar-refractivity contribution in [3.8, 4) is 5.75 Å². The van der Waals surface area contributed by atoms with Crippen molar-refractivity contribution in [2.24, 2.45) is 0 Å². The maximum absolute atomic E-state index is 5.48. The Balaban J connectivity index is 1.90. The summed E-state index contributed by atoms with van der Waals surface area (Å²) in [4.78, 5) is 0. The van der Waals surface area contributed by atoms with Gasteiger partial charge in [-0.05, 0) is 36.4 Å². The minimum Gasteiger partial charge on any atom is -0.496 e. The van der Waals surface area contributed by atoms with E-state index in [0.29, 0.717) is 0 Å². The third-order valence-electron chi connectivity index (χ3n) is 3.50. The fraction of sp³-hybridized carbons (Fsp3) is 0.444. The first-order valence-electron chi connectivity index (χ1n) is 7.70. The molecule has 114 valence electrons. The molecule has 0 aromatic heterocycles. The van der Waals surface area contributed by atoms with Gasteiger partial charge in [-0.25, -0.2) is 0 Å². The van der Waals surface area contributed by atoms with Gasteiger partial charge in [0.25, 0.3) is 0 Å². The average Bonchev–Trinajstić information content (AvgIpc) is 2.54. The predicted molar refractivity (Wildman–Crippen MR) is 87.9 cm³/mol. The van der Waals surface area contributed by atoms with Gasteiger partial charge in [0.1, 0.15) is 5.75 Å². The summed E-state index contributed by atoms with van der Waals surface area (Å²) in [6, 6.07) is 12.6. The molecule has 0 aliphatic carbocycles. The number of benzene rings is 2. The Kier molecular flexibility index (Phi) is 6.51. The molecule has 0 aliphatic rings. The largest absolute Gasteiger partial charge is 0.496 e. The number of rotatable bonds is 9. The topological polar surface area (TPSA) is 30.5 Å². The third kappa shape index (κ3) is 4.45. The van der Waals surface area contributed by atoms with Crippen molar-refractivity contribution in [1.82, 2.24) is 5.32 Å². The van der Waals surface area contributed by atoms with Gasteiger partial charge in [0.2, 0.25) is 0 Å². The Morgan fingerprint density at radius 3 is 2.57 bits per heavy atom. The minimum absolute atomic E-state index is 0.838. The van der Waals surface area contributed by atoms with E-state index in [1.54, 1.807) is 7.11 Å². The summed E-state index contributed by atoms with van der Waals surface area (Å²) in [6.07, 6.45) is 2.14. The Labute approximate surface area is 127 Å². The molecule has 2 rings (SSSR count). The highest BCUT2D eigenvalue weighted by molar-refractivity contribution is 5.91. The van der Waals surface area contributed by atoms with E-state index in [1.165, 1.54) is 16.3 Å². The van der Waals surface area contributed by atoms with Crippen LogP contribution in [0.15, 0.2) is 36.4 Å². The average molecular weight is 287 g/mol. The third-order valence-corrected chi connectivity index (χ3v) is 3.50. The fourth-order valence-electron chi connectivity index (χ4n) is 2.43. The number of ether oxygens (including phenoxy) is 2. The molecule has 0 bridgehead atoms. The maximum Gasteiger partial charge on any atom is 0.126 e. The van der Waals surface area contributed by atoms with Crippen molar-refractivity contribution in [3.63, 3.8) is 0 Å². The Bertz CT molecular complexity index is 554. The van der Waals surface area contributed by atoms with E-state index in [4.69, 9.17) is 9.47 Å². The highest BCUT2D eigenvalue weighted by atomic mass is 16.5. The summed E-state index contributed by atoms with van der Waals surface area (Å²) in [5.74, 6) is 0.933. The molecule has 0 spiro atoms. The summed E-state index contributed by atoms with van der Waals surface area (Å²) in [5.41, 5.74) is 1.31. The summed E-state index contributed by atoms with van der Waals surface area (Å²) in [6.45, 7) is 5.68. The van der Waals surface area contributed by atoms with Crippen LogP contribution in [0.4, 0.5) is 0 Å². The molecule has 0 amide bonds. The molecule has 0 unspecified atom stereocenters. The van der Waals surface area contributed by atoms with Crippen LogP contribution in [-0.4, -0.2) is 26.9 Å². The molecule has 0 saturated heterocycles. The van der Waals surface area contributed by atoms with Crippen LogP contribution >= 0.6 is 0 Å². The number of hydrogen-bond acceptors (Lipinski definition) is 3. The molecule has 0 fully saturated rings. The zero-order chi connectivity index (χ0) is 14.9. The predicted octanol–water partition coefficient (Wildman–Crippen LogP) is 3.75. The van der Waals surface area contributed by atoms with Crippen molar-refractivity contribution < 1.29 is 9.47 Å². The molecule has 2 aromatic rings. The fourth-order valence-corrected chi connectivity index (χ4v) is 2.43. The molecule has 0 aliphatic heterocycles. The van der Waals surface area contributed by atoms with E-state index in [9.17, 15) is 0 Å². The summed E-state index contributed by atoms with van der Waals surface area (Å²) >= 11 is 0. The number of methoxy groups -OCH3 is 1. The second kappa shape index (κ2) is 8.65. The summed E-state index contributed by atoms with van der Waals surface area (Å²) in [7, 11) is 1.72. The lowest BCUT2D eigenvalue weighted by atomic mass is 10.0. The number of hydrogen-bond donors (Lipinski definition) is 1. The normalized spacial score (nSPS) is 11.0. The van der Waals surface area contributed by atoms with E-state index in [0.717, 1.165) is 44.9 Å². The molecule has 0 heterocycles. The molecule has 2 aromatic carbocycles. The molecule has 0 saturated carbocycles. The van der Waals surface area contributed by atoms with Crippen LogP contribution < -0.4 is 10.1 Å². The summed E-state index contributed by atoms with van der Waals surface area (Å²) < 4.78 is 10.9. The molecule has 21 heavy (non-hydrogen) atoms. The first-order valence-corrected chi connectivity index (χ1v) is 7.70. The highest BCUT2D eigenvalue weighted by Gasteiger charge is 2.05. The quantitative estimate of drug-likeness (QED) is 0.712. The lowest BCUT2D eigenvalue weighted by Crippen LogP contribution is -2.16. The van der Waals surface area contributed by atoms with E-state index in [-0.39, 0.29) is 0 Å². The van der Waals surface area contributed by atoms with Gasteiger partial charge in [-0.1, -0.05) is 37.3 Å². The van der Waals surface area contributed by atoms with E-state index < -0.39 is 0 Å². The van der Waals surface area contributed by atoms with Crippen LogP contribution in [0.2, 0.25) is 0 Å². The van der Waals surface area contributed by atoms with Gasteiger partial charge in [-0.3, -0.25) is 0 Å². The first-order chi connectivity index (χ1) is 10.4. The van der Waals surface area contributed by atoms with Crippen molar-refractivity contribution in [2.75, 3.05) is 26.9 Å². The molecule has 0 radical (unpaired) electrons. The molecule has 3 heteroatoms. The number of nitrogens with one attached hydrogen (secondary N) is 1. The molecule has 1 N–H and O–H groups in total. The van der Waals surface area contributed by atoms with Gasteiger partial charge in [0, 0.05) is 25.1 Å². The van der Waals surface area contributed by atoms with E-state index in [2.05, 4.69) is 36.5 Å². The van der Waals surface area contributed by atoms with E-state index in [1.807, 2.05) is 12.1 Å². The zero-order valence-electron chi connectivity index (χ0n) is 13.0. The van der Waals surface area contributed by atoms with Gasteiger partial charge in [0.15, 0.2) is 0 Å². The summed E-state index contributed by atoms with van der Waals surface area (Å²) in [5, 5.41) is 5.92. The minimum atomic E-state index is 0.838. The van der Waals surface area contributed by atoms with Crippen LogP contribution in [0.3, 0.4) is 0 Å². The van der Waals surface area contributed by atoms with Crippen molar-refractivity contribution >= 4 is 10.8 Å². The smallest absolute Gasteiger partial charge is 0.126 e. The molecular weight excluding hydrogens is 262 g/mol. The van der Waals surface area contributed by atoms with Crippen LogP contribution in [0.25, 0.3) is 10.8 Å². The Morgan fingerprint density at radius 2 is 1.81 bits per heavy atom. The van der Waals surface area contributed by atoms with E-state index >= 15 is 0 Å². The second-order valence-electron chi connectivity index (χ2n) is 5.12. The van der Waals surface area contributed by atoms with Crippen LogP contribution in [0.5, 0.6) is 5.75 Å². The van der Waals surface area contributed by atoms with Crippen LogP contribution in [-0.2, 0) is 11.3 Å². The van der Waals surface area contributed by atoms with Gasteiger partial charge in [-0.15, -0.1) is 0 Å². The maximum atomic E-state index is 5.48. The lowest BCUT2D eigenvalue weighted by molar-refractivity contribution is 0.132. The first kappa shape index (κ1) is 15.8. The van der Waals surface area contributed by atoms with Crippen LogP contribution in [0.1, 0.15) is 25.3 Å². The monoisotopic (exact) mass is 287 g/mol. The zero-order valence-corrected chi connectivity index (χ0v) is 13.0. The van der Waals surface area contributed by atoms with Crippen molar-refractivity contribution in [1.29, 1.82) is 0 Å². The number of fused-ring (bicyclic) bond motifs is 1. The Hall–Kier alpha value is -1.58. The highest BCUT2D eigenvalue weighted by Crippen LogP contribution is 2.28. The molecular formula is C18H25NO2. The van der Waals surface area contributed by atoms with Crippen molar-refractivity contribution in [3.05, 3.63) is 42.0 Å².